The van der Waals surface area contributed by atoms with Crippen molar-refractivity contribution in [1.29, 1.82) is 0 Å². The van der Waals surface area contributed by atoms with Gasteiger partial charge in [0.05, 0.1) is 30.7 Å². The highest BCUT2D eigenvalue weighted by Gasteiger charge is 2.20. The van der Waals surface area contributed by atoms with Gasteiger partial charge in [-0.2, -0.15) is 5.10 Å². The largest absolute Gasteiger partial charge is 0.465 e. The number of H-pyrrole nitrogens is 1. The Bertz CT molecular complexity index is 1660. The molecule has 0 bridgehead atoms. The molecule has 0 aliphatic rings. The number of aryl methyl sites for hydroxylation is 2. The van der Waals surface area contributed by atoms with Crippen molar-refractivity contribution in [2.75, 3.05) is 7.11 Å². The van der Waals surface area contributed by atoms with Crippen molar-refractivity contribution in [3.63, 3.8) is 0 Å². The lowest BCUT2D eigenvalue weighted by Crippen LogP contribution is -2.25. The van der Waals surface area contributed by atoms with Crippen molar-refractivity contribution >= 4 is 22.6 Å². The minimum absolute atomic E-state index is 0.0190. The van der Waals surface area contributed by atoms with E-state index < -0.39 is 11.5 Å². The number of para-hydroxylation sites is 1. The monoisotopic (exact) mass is 444 g/mol. The Morgan fingerprint density at radius 1 is 1.09 bits per heavy atom. The van der Waals surface area contributed by atoms with Crippen molar-refractivity contribution in [2.45, 2.75) is 20.4 Å². The van der Waals surface area contributed by atoms with Crippen LogP contribution < -0.4 is 11.1 Å². The number of benzene rings is 1. The van der Waals surface area contributed by atoms with Gasteiger partial charge in [0.1, 0.15) is 11.2 Å². The number of fused-ring (bicyclic) bond motifs is 2. The lowest BCUT2D eigenvalue weighted by atomic mass is 10.1. The number of hydrogen-bond acceptors (Lipinski definition) is 6. The number of aromatic nitrogens is 6. The van der Waals surface area contributed by atoms with Gasteiger partial charge in [0, 0.05) is 23.7 Å². The van der Waals surface area contributed by atoms with Crippen LogP contribution in [0.15, 0.2) is 58.3 Å². The summed E-state index contributed by atoms with van der Waals surface area (Å²) in [5.74, 6) is -0.620. The van der Waals surface area contributed by atoms with Gasteiger partial charge in [-0.25, -0.2) is 19.0 Å². The maximum atomic E-state index is 13.1. The zero-order valence-electron chi connectivity index (χ0n) is 18.2. The molecule has 0 spiro atoms. The molecule has 33 heavy (non-hydrogen) atoms. The van der Waals surface area contributed by atoms with Crippen LogP contribution in [-0.2, 0) is 11.3 Å². The van der Waals surface area contributed by atoms with Crippen molar-refractivity contribution in [2.24, 2.45) is 0 Å². The van der Waals surface area contributed by atoms with Gasteiger partial charge >= 0.3 is 5.97 Å². The molecule has 0 radical (unpaired) electrons. The maximum absolute atomic E-state index is 13.1. The molecule has 0 saturated carbocycles. The fraction of sp³-hybridized carbons (Fsp3) is 0.174. The molecular formula is C23H20N6O4. The number of hydrogen-bond donors (Lipinski definition) is 1. The Balaban J connectivity index is 1.75. The number of methoxy groups -OCH3 is 1. The lowest BCUT2D eigenvalue weighted by molar-refractivity contribution is 0.0602. The second kappa shape index (κ2) is 7.59. The second-order valence-electron chi connectivity index (χ2n) is 7.71. The SMILES string of the molecule is COC(=O)c1c[nH]n2c(=O)cc(Cn3c(=O)cc(C)c4c(C)nn(-c5ccccc5)c43)nc12. The zero-order chi connectivity index (χ0) is 23.3. The number of rotatable bonds is 4. The van der Waals surface area contributed by atoms with E-state index >= 15 is 0 Å². The molecule has 0 fully saturated rings. The van der Waals surface area contributed by atoms with Crippen LogP contribution in [0.4, 0.5) is 0 Å². The van der Waals surface area contributed by atoms with E-state index in [0.717, 1.165) is 26.8 Å². The summed E-state index contributed by atoms with van der Waals surface area (Å²) in [5, 5.41) is 8.23. The van der Waals surface area contributed by atoms with E-state index in [9.17, 15) is 14.4 Å². The fourth-order valence-corrected chi connectivity index (χ4v) is 4.10. The molecule has 0 aliphatic carbocycles. The Labute approximate surface area is 186 Å². The summed E-state index contributed by atoms with van der Waals surface area (Å²) in [6.07, 6.45) is 1.36. The van der Waals surface area contributed by atoms with Crippen LogP contribution in [0.1, 0.15) is 27.3 Å². The van der Waals surface area contributed by atoms with E-state index in [4.69, 9.17) is 4.74 Å². The summed E-state index contributed by atoms with van der Waals surface area (Å²) in [4.78, 5) is 42.3. The molecule has 5 aromatic rings. The standard InChI is InChI=1S/C23H20N6O4/c1-13-9-18(30)27(22-20(13)14(2)26-28(22)16-7-5-4-6-8-16)12-15-10-19(31)29-21(25-15)17(11-24-29)23(32)33-3/h4-11,24H,12H2,1-3H3. The normalized spacial score (nSPS) is 11.4. The van der Waals surface area contributed by atoms with E-state index in [1.54, 1.807) is 10.7 Å². The average Bonchev–Trinajstić information content (AvgIpc) is 3.38. The third kappa shape index (κ3) is 3.23. The first kappa shape index (κ1) is 20.4. The predicted molar refractivity (Wildman–Crippen MR) is 121 cm³/mol. The first-order valence-corrected chi connectivity index (χ1v) is 10.2. The molecule has 0 atom stereocenters. The molecule has 166 valence electrons. The van der Waals surface area contributed by atoms with Crippen LogP contribution in [-0.4, -0.2) is 42.0 Å². The summed E-state index contributed by atoms with van der Waals surface area (Å²) in [5.41, 5.74) is 2.93. The minimum atomic E-state index is -0.620. The van der Waals surface area contributed by atoms with Gasteiger partial charge in [-0.15, -0.1) is 0 Å². The van der Waals surface area contributed by atoms with Gasteiger partial charge in [0.25, 0.3) is 11.1 Å². The number of esters is 1. The van der Waals surface area contributed by atoms with Crippen molar-refractivity contribution in [1.82, 2.24) is 28.9 Å². The third-order valence-electron chi connectivity index (χ3n) is 5.57. The van der Waals surface area contributed by atoms with E-state index in [-0.39, 0.29) is 23.3 Å². The molecule has 4 heterocycles. The minimum Gasteiger partial charge on any atom is -0.465 e. The van der Waals surface area contributed by atoms with Crippen LogP contribution >= 0.6 is 0 Å². The molecule has 0 amide bonds. The summed E-state index contributed by atoms with van der Waals surface area (Å²) >= 11 is 0. The number of ether oxygens (including phenoxy) is 1. The van der Waals surface area contributed by atoms with Gasteiger partial charge < -0.3 is 4.74 Å². The van der Waals surface area contributed by atoms with Crippen LogP contribution in [0.3, 0.4) is 0 Å². The molecule has 0 aliphatic heterocycles. The summed E-state index contributed by atoms with van der Waals surface area (Å²) in [6, 6.07) is 12.4. The van der Waals surface area contributed by atoms with Crippen molar-refractivity contribution in [3.05, 3.63) is 91.9 Å². The number of nitrogens with zero attached hydrogens (tertiary/aromatic N) is 5. The number of carbonyl (C=O) groups excluding carboxylic acids is 1. The predicted octanol–water partition coefficient (Wildman–Crippen LogP) is 1.97. The van der Waals surface area contributed by atoms with Crippen LogP contribution in [0, 0.1) is 13.8 Å². The topological polar surface area (TPSA) is 116 Å². The Morgan fingerprint density at radius 3 is 2.58 bits per heavy atom. The highest BCUT2D eigenvalue weighted by Crippen LogP contribution is 2.24. The van der Waals surface area contributed by atoms with E-state index in [2.05, 4.69) is 15.2 Å². The molecular weight excluding hydrogens is 424 g/mol. The van der Waals surface area contributed by atoms with E-state index in [1.165, 1.54) is 23.9 Å². The Hall–Kier alpha value is -4.47. The number of carbonyl (C=O) groups is 1. The summed E-state index contributed by atoms with van der Waals surface area (Å²) < 4.78 is 9.19. The highest BCUT2D eigenvalue weighted by molar-refractivity contribution is 5.95. The third-order valence-corrected chi connectivity index (χ3v) is 5.57. The van der Waals surface area contributed by atoms with Gasteiger partial charge in [-0.3, -0.25) is 19.3 Å². The average molecular weight is 444 g/mol. The lowest BCUT2D eigenvalue weighted by Gasteiger charge is -2.12. The number of nitrogens with one attached hydrogen (secondary N) is 1. The molecule has 0 saturated heterocycles. The first-order valence-electron chi connectivity index (χ1n) is 10.2. The second-order valence-corrected chi connectivity index (χ2v) is 7.71. The fourth-order valence-electron chi connectivity index (χ4n) is 4.10. The Kier molecular flexibility index (Phi) is 4.70. The van der Waals surface area contributed by atoms with Gasteiger partial charge in [0.2, 0.25) is 0 Å². The van der Waals surface area contributed by atoms with Gasteiger partial charge in [0.15, 0.2) is 5.65 Å². The molecule has 10 heteroatoms. The molecule has 10 nitrogen and oxygen atoms in total. The van der Waals surface area contributed by atoms with Gasteiger partial charge in [-0.1, -0.05) is 18.2 Å². The maximum Gasteiger partial charge on any atom is 0.343 e. The van der Waals surface area contributed by atoms with Crippen LogP contribution in [0.2, 0.25) is 0 Å². The zero-order valence-corrected chi connectivity index (χ0v) is 18.2. The Morgan fingerprint density at radius 2 is 1.85 bits per heavy atom. The molecule has 4 aromatic heterocycles. The molecule has 5 rings (SSSR count). The van der Waals surface area contributed by atoms with Crippen LogP contribution in [0.25, 0.3) is 22.4 Å². The summed E-state index contributed by atoms with van der Waals surface area (Å²) in [6.45, 7) is 3.78. The highest BCUT2D eigenvalue weighted by atomic mass is 16.5. The van der Waals surface area contributed by atoms with Crippen molar-refractivity contribution in [3.8, 4) is 5.69 Å². The molecule has 1 N–H and O–H groups in total. The quantitative estimate of drug-likeness (QED) is 0.424. The smallest absolute Gasteiger partial charge is 0.343 e. The first-order chi connectivity index (χ1) is 15.9. The van der Waals surface area contributed by atoms with Crippen molar-refractivity contribution < 1.29 is 9.53 Å². The van der Waals surface area contributed by atoms with Gasteiger partial charge in [-0.05, 0) is 31.5 Å². The van der Waals surface area contributed by atoms with Crippen LogP contribution in [0.5, 0.6) is 0 Å². The molecule has 1 aromatic carbocycles. The summed E-state index contributed by atoms with van der Waals surface area (Å²) in [7, 11) is 1.25. The van der Waals surface area contributed by atoms with E-state index in [1.807, 2.05) is 44.2 Å². The number of pyridine rings is 1. The molecule has 0 unspecified atom stereocenters. The number of aromatic amines is 1. The van der Waals surface area contributed by atoms with E-state index in [0.29, 0.717) is 11.3 Å².